The third kappa shape index (κ3) is 4.82. The summed E-state index contributed by atoms with van der Waals surface area (Å²) in [5.41, 5.74) is 0.572. The lowest BCUT2D eigenvalue weighted by Crippen LogP contribution is -2.36. The van der Waals surface area contributed by atoms with Crippen LogP contribution in [0.15, 0.2) is 18.6 Å². The average Bonchev–Trinajstić information content (AvgIpc) is 3.11. The van der Waals surface area contributed by atoms with Crippen LogP contribution in [0.1, 0.15) is 37.9 Å². The van der Waals surface area contributed by atoms with E-state index in [-0.39, 0.29) is 18.4 Å². The monoisotopic (exact) mass is 343 g/mol. The second kappa shape index (κ2) is 8.32. The van der Waals surface area contributed by atoms with Crippen LogP contribution >= 0.6 is 0 Å². The summed E-state index contributed by atoms with van der Waals surface area (Å²) in [4.78, 5) is 37.8. The number of hydrogen-bond acceptors (Lipinski definition) is 6. The van der Waals surface area contributed by atoms with E-state index in [1.165, 1.54) is 0 Å². The van der Waals surface area contributed by atoms with Gasteiger partial charge in [-0.2, -0.15) is 5.10 Å². The van der Waals surface area contributed by atoms with E-state index in [1.807, 2.05) is 4.90 Å². The molecule has 25 heavy (non-hydrogen) atoms. The van der Waals surface area contributed by atoms with Crippen molar-refractivity contribution in [2.45, 2.75) is 38.6 Å². The second-order valence-corrected chi connectivity index (χ2v) is 5.91. The summed E-state index contributed by atoms with van der Waals surface area (Å²) in [6, 6.07) is 0. The number of carbonyl (C=O) groups excluding carboxylic acids is 2. The first kappa shape index (κ1) is 17.0. The molecule has 0 radical (unpaired) electrons. The Morgan fingerprint density at radius 3 is 3.04 bits per heavy atom. The Bertz CT molecular complexity index is 716. The molecular weight excluding hydrogens is 322 g/mol. The van der Waals surface area contributed by atoms with Gasteiger partial charge in [0.1, 0.15) is 11.5 Å². The third-order valence-corrected chi connectivity index (χ3v) is 4.03. The number of H-pyrrole nitrogens is 1. The molecule has 2 aromatic heterocycles. The van der Waals surface area contributed by atoms with Gasteiger partial charge < -0.3 is 10.2 Å². The van der Waals surface area contributed by atoms with Crippen LogP contribution in [0.2, 0.25) is 0 Å². The molecule has 0 spiro atoms. The maximum absolute atomic E-state index is 11.9. The van der Waals surface area contributed by atoms with Gasteiger partial charge in [0.05, 0.1) is 12.7 Å². The summed E-state index contributed by atoms with van der Waals surface area (Å²) in [7, 11) is 0. The second-order valence-electron chi connectivity index (χ2n) is 5.91. The standard InChI is InChI=1S/C16H21N7O2/c24-14(4-3-9-23-8-2-1-5-15(23)25)19-11-13-20-16(22-21-13)12-10-17-6-7-18-12/h6-7,10H,1-5,8-9,11H2,(H,19,24)(H,20,21,22). The zero-order chi connectivity index (χ0) is 17.5. The Morgan fingerprint density at radius 2 is 2.24 bits per heavy atom. The van der Waals surface area contributed by atoms with Gasteiger partial charge in [-0.1, -0.05) is 0 Å². The van der Waals surface area contributed by atoms with E-state index in [1.54, 1.807) is 18.6 Å². The highest BCUT2D eigenvalue weighted by molar-refractivity contribution is 5.77. The number of nitrogens with zero attached hydrogens (tertiary/aromatic N) is 5. The first-order valence-electron chi connectivity index (χ1n) is 8.44. The number of rotatable bonds is 7. The number of nitrogens with one attached hydrogen (secondary N) is 2. The molecule has 3 heterocycles. The van der Waals surface area contributed by atoms with Crippen LogP contribution in [-0.2, 0) is 16.1 Å². The Balaban J connectivity index is 1.39. The molecule has 9 heteroatoms. The fourth-order valence-corrected chi connectivity index (χ4v) is 2.70. The molecule has 1 aliphatic heterocycles. The van der Waals surface area contributed by atoms with Gasteiger partial charge in [0, 0.05) is 38.3 Å². The van der Waals surface area contributed by atoms with Crippen LogP contribution < -0.4 is 5.32 Å². The van der Waals surface area contributed by atoms with E-state index in [4.69, 9.17) is 0 Å². The Kier molecular flexibility index (Phi) is 5.65. The van der Waals surface area contributed by atoms with E-state index >= 15 is 0 Å². The zero-order valence-corrected chi connectivity index (χ0v) is 13.9. The summed E-state index contributed by atoms with van der Waals surface area (Å²) < 4.78 is 0. The molecular formula is C16H21N7O2. The first-order valence-corrected chi connectivity index (χ1v) is 8.44. The number of piperidine rings is 1. The molecule has 2 N–H and O–H groups in total. The average molecular weight is 343 g/mol. The molecule has 9 nitrogen and oxygen atoms in total. The predicted molar refractivity (Wildman–Crippen MR) is 88.9 cm³/mol. The summed E-state index contributed by atoms with van der Waals surface area (Å²) in [6.45, 7) is 1.73. The van der Waals surface area contributed by atoms with Crippen LogP contribution in [0, 0.1) is 0 Å². The van der Waals surface area contributed by atoms with Gasteiger partial charge in [-0.25, -0.2) is 9.97 Å². The van der Waals surface area contributed by atoms with E-state index < -0.39 is 0 Å². The number of carbonyl (C=O) groups is 2. The lowest BCUT2D eigenvalue weighted by Gasteiger charge is -2.26. The van der Waals surface area contributed by atoms with Gasteiger partial charge in [0.2, 0.25) is 17.6 Å². The van der Waals surface area contributed by atoms with Crippen molar-refractivity contribution in [2.24, 2.45) is 0 Å². The van der Waals surface area contributed by atoms with Crippen molar-refractivity contribution in [1.82, 2.24) is 35.4 Å². The van der Waals surface area contributed by atoms with Crippen LogP contribution in [0.3, 0.4) is 0 Å². The minimum Gasteiger partial charge on any atom is -0.349 e. The SMILES string of the molecule is O=C(CCCN1CCCCC1=O)NCc1nc(-c2cnccn2)n[nH]1. The molecule has 0 unspecified atom stereocenters. The summed E-state index contributed by atoms with van der Waals surface area (Å²) >= 11 is 0. The summed E-state index contributed by atoms with van der Waals surface area (Å²) in [6.07, 6.45) is 8.43. The van der Waals surface area contributed by atoms with Crippen molar-refractivity contribution in [2.75, 3.05) is 13.1 Å². The molecule has 0 saturated carbocycles. The maximum atomic E-state index is 11.9. The van der Waals surface area contributed by atoms with Crippen molar-refractivity contribution >= 4 is 11.8 Å². The van der Waals surface area contributed by atoms with Crippen LogP contribution in [0.5, 0.6) is 0 Å². The number of amides is 2. The van der Waals surface area contributed by atoms with Crippen molar-refractivity contribution in [3.05, 3.63) is 24.4 Å². The van der Waals surface area contributed by atoms with Gasteiger partial charge in [-0.05, 0) is 19.3 Å². The van der Waals surface area contributed by atoms with Crippen molar-refractivity contribution in [3.63, 3.8) is 0 Å². The fourth-order valence-electron chi connectivity index (χ4n) is 2.70. The van der Waals surface area contributed by atoms with Gasteiger partial charge in [0.25, 0.3) is 0 Å². The molecule has 2 aromatic rings. The molecule has 132 valence electrons. The van der Waals surface area contributed by atoms with Crippen molar-refractivity contribution in [3.8, 4) is 11.5 Å². The van der Waals surface area contributed by atoms with E-state index in [9.17, 15) is 9.59 Å². The highest BCUT2D eigenvalue weighted by Gasteiger charge is 2.17. The molecule has 2 amide bonds. The molecule has 0 bridgehead atoms. The highest BCUT2D eigenvalue weighted by atomic mass is 16.2. The number of hydrogen-bond donors (Lipinski definition) is 2. The lowest BCUT2D eigenvalue weighted by atomic mass is 10.1. The van der Waals surface area contributed by atoms with Gasteiger partial charge in [-0.3, -0.25) is 19.7 Å². The van der Waals surface area contributed by atoms with Crippen LogP contribution in [0.25, 0.3) is 11.5 Å². The topological polar surface area (TPSA) is 117 Å². The molecule has 0 aromatic carbocycles. The summed E-state index contributed by atoms with van der Waals surface area (Å²) in [5, 5.41) is 9.64. The zero-order valence-electron chi connectivity index (χ0n) is 13.9. The van der Waals surface area contributed by atoms with E-state index in [2.05, 4.69) is 30.5 Å². The Labute approximate surface area is 145 Å². The molecule has 0 aliphatic carbocycles. The van der Waals surface area contributed by atoms with Crippen molar-refractivity contribution < 1.29 is 9.59 Å². The highest BCUT2D eigenvalue weighted by Crippen LogP contribution is 2.11. The fraction of sp³-hybridized carbons (Fsp3) is 0.500. The largest absolute Gasteiger partial charge is 0.349 e. The van der Waals surface area contributed by atoms with Crippen molar-refractivity contribution in [1.29, 1.82) is 0 Å². The Morgan fingerprint density at radius 1 is 1.32 bits per heavy atom. The van der Waals surface area contributed by atoms with E-state index in [0.29, 0.717) is 43.1 Å². The molecule has 1 saturated heterocycles. The number of likely N-dealkylation sites (tertiary alicyclic amines) is 1. The number of aromatic nitrogens is 5. The third-order valence-electron chi connectivity index (χ3n) is 4.03. The van der Waals surface area contributed by atoms with Gasteiger partial charge in [0.15, 0.2) is 0 Å². The lowest BCUT2D eigenvalue weighted by molar-refractivity contribution is -0.133. The maximum Gasteiger partial charge on any atom is 0.222 e. The minimum absolute atomic E-state index is 0.0677. The van der Waals surface area contributed by atoms with Crippen LogP contribution in [0.4, 0.5) is 0 Å². The predicted octanol–water partition coefficient (Wildman–Crippen LogP) is 0.671. The normalized spacial score (nSPS) is 14.6. The van der Waals surface area contributed by atoms with Gasteiger partial charge in [-0.15, -0.1) is 0 Å². The molecule has 1 fully saturated rings. The smallest absolute Gasteiger partial charge is 0.222 e. The number of aromatic amines is 1. The first-order chi connectivity index (χ1) is 12.2. The van der Waals surface area contributed by atoms with E-state index in [0.717, 1.165) is 19.4 Å². The van der Waals surface area contributed by atoms with Crippen LogP contribution in [-0.4, -0.2) is 55.0 Å². The molecule has 0 atom stereocenters. The van der Waals surface area contributed by atoms with Gasteiger partial charge >= 0.3 is 0 Å². The summed E-state index contributed by atoms with van der Waals surface area (Å²) in [5.74, 6) is 1.13. The molecule has 3 rings (SSSR count). The minimum atomic E-state index is -0.0677. The molecule has 1 aliphatic rings. The Hall–Kier alpha value is -2.84. The quantitative estimate of drug-likeness (QED) is 0.763.